The van der Waals surface area contributed by atoms with Gasteiger partial charge in [0.2, 0.25) is 0 Å². The predicted octanol–water partition coefficient (Wildman–Crippen LogP) is -0.0733. The topological polar surface area (TPSA) is 44.7 Å². The third-order valence-corrected chi connectivity index (χ3v) is 2.96. The van der Waals surface area contributed by atoms with Crippen LogP contribution in [0.1, 0.15) is 13.3 Å². The van der Waals surface area contributed by atoms with Crippen LogP contribution >= 0.6 is 0 Å². The third-order valence-electron chi connectivity index (χ3n) is 2.96. The Balaban J connectivity index is 2.09. The number of hydrogen-bond acceptors (Lipinski definition) is 4. The minimum atomic E-state index is 0.116. The molecule has 0 aliphatic carbocycles. The summed E-state index contributed by atoms with van der Waals surface area (Å²) >= 11 is 0. The van der Waals surface area contributed by atoms with Crippen molar-refractivity contribution in [3.8, 4) is 0 Å². The molecule has 1 saturated heterocycles. The minimum Gasteiger partial charge on any atom is -0.394 e. The fourth-order valence-corrected chi connectivity index (χ4v) is 2.12. The van der Waals surface area contributed by atoms with Gasteiger partial charge in [0, 0.05) is 19.6 Å². The molecule has 0 amide bonds. The van der Waals surface area contributed by atoms with Crippen LogP contribution in [-0.2, 0) is 4.74 Å². The second-order valence-corrected chi connectivity index (χ2v) is 4.81. The van der Waals surface area contributed by atoms with Crippen LogP contribution in [-0.4, -0.2) is 63.1 Å². The zero-order valence-electron chi connectivity index (χ0n) is 9.96. The van der Waals surface area contributed by atoms with Gasteiger partial charge in [-0.15, -0.1) is 0 Å². The van der Waals surface area contributed by atoms with Crippen molar-refractivity contribution in [2.75, 3.05) is 53.0 Å². The second kappa shape index (κ2) is 6.43. The Bertz CT molecular complexity index is 170. The van der Waals surface area contributed by atoms with E-state index >= 15 is 0 Å². The van der Waals surface area contributed by atoms with Crippen LogP contribution in [0.4, 0.5) is 0 Å². The average Bonchev–Trinajstić information content (AvgIpc) is 2.59. The predicted molar refractivity (Wildman–Crippen MR) is 61.0 cm³/mol. The minimum absolute atomic E-state index is 0.116. The van der Waals surface area contributed by atoms with Crippen LogP contribution in [0.5, 0.6) is 0 Å². The fraction of sp³-hybridized carbons (Fsp3) is 1.00. The van der Waals surface area contributed by atoms with Crippen molar-refractivity contribution < 1.29 is 9.84 Å². The Labute approximate surface area is 92.6 Å². The van der Waals surface area contributed by atoms with Crippen LogP contribution in [0.25, 0.3) is 0 Å². The van der Waals surface area contributed by atoms with E-state index in [1.165, 1.54) is 6.42 Å². The fourth-order valence-electron chi connectivity index (χ4n) is 2.12. The largest absolute Gasteiger partial charge is 0.394 e. The van der Waals surface area contributed by atoms with Crippen LogP contribution in [0, 0.1) is 5.41 Å². The van der Waals surface area contributed by atoms with Gasteiger partial charge in [-0.25, -0.2) is 0 Å². The third kappa shape index (κ3) is 4.93. The quantitative estimate of drug-likeness (QED) is 0.585. The average molecular weight is 216 g/mol. The molecule has 90 valence electrons. The summed E-state index contributed by atoms with van der Waals surface area (Å²) in [6.07, 6.45) is 1.26. The van der Waals surface area contributed by atoms with E-state index in [4.69, 9.17) is 9.84 Å². The van der Waals surface area contributed by atoms with E-state index in [9.17, 15) is 0 Å². The lowest BCUT2D eigenvalue weighted by atomic mass is 9.89. The van der Waals surface area contributed by atoms with Crippen LogP contribution < -0.4 is 5.32 Å². The Morgan fingerprint density at radius 2 is 2.27 bits per heavy atom. The highest BCUT2D eigenvalue weighted by Gasteiger charge is 2.29. The summed E-state index contributed by atoms with van der Waals surface area (Å²) in [6, 6.07) is 0. The van der Waals surface area contributed by atoms with Crippen LogP contribution in [0.15, 0.2) is 0 Å². The van der Waals surface area contributed by atoms with Crippen molar-refractivity contribution in [2.45, 2.75) is 13.3 Å². The molecular weight excluding hydrogens is 192 g/mol. The number of nitrogens with zero attached hydrogens (tertiary/aromatic N) is 1. The van der Waals surface area contributed by atoms with Crippen LogP contribution in [0.3, 0.4) is 0 Å². The lowest BCUT2D eigenvalue weighted by molar-refractivity contribution is 0.0713. The zero-order chi connectivity index (χ0) is 11.1. The lowest BCUT2D eigenvalue weighted by Crippen LogP contribution is -2.36. The molecule has 0 saturated carbocycles. The molecule has 4 heteroatoms. The maximum Gasteiger partial charge on any atom is 0.0698 e. The van der Waals surface area contributed by atoms with E-state index in [1.807, 2.05) is 0 Å². The molecule has 1 aliphatic rings. The second-order valence-electron chi connectivity index (χ2n) is 4.81. The van der Waals surface area contributed by atoms with Crippen molar-refractivity contribution in [3.05, 3.63) is 0 Å². The first-order valence-corrected chi connectivity index (χ1v) is 5.74. The zero-order valence-corrected chi connectivity index (χ0v) is 9.96. The van der Waals surface area contributed by atoms with E-state index in [2.05, 4.69) is 24.2 Å². The standard InChI is InChI=1S/C11H24N2O2/c1-11(3-4-12-9-11)10-13(2)5-7-15-8-6-14/h12,14H,3-10H2,1-2H3. The number of likely N-dealkylation sites (N-methyl/N-ethyl adjacent to an activating group) is 1. The maximum atomic E-state index is 8.56. The number of nitrogens with one attached hydrogen (secondary N) is 1. The molecule has 0 radical (unpaired) electrons. The number of aliphatic hydroxyl groups excluding tert-OH is 1. The van der Waals surface area contributed by atoms with Gasteiger partial charge >= 0.3 is 0 Å². The molecular formula is C11H24N2O2. The van der Waals surface area contributed by atoms with E-state index in [-0.39, 0.29) is 6.61 Å². The summed E-state index contributed by atoms with van der Waals surface area (Å²) in [5, 5.41) is 12.0. The first-order valence-electron chi connectivity index (χ1n) is 5.74. The van der Waals surface area contributed by atoms with Crippen molar-refractivity contribution >= 4 is 0 Å². The van der Waals surface area contributed by atoms with Gasteiger partial charge in [0.1, 0.15) is 0 Å². The summed E-state index contributed by atoms with van der Waals surface area (Å²) < 4.78 is 5.24. The van der Waals surface area contributed by atoms with Crippen LogP contribution in [0.2, 0.25) is 0 Å². The molecule has 0 aromatic carbocycles. The van der Waals surface area contributed by atoms with E-state index in [0.717, 1.165) is 26.2 Å². The normalized spacial score (nSPS) is 26.4. The monoisotopic (exact) mass is 216 g/mol. The highest BCUT2D eigenvalue weighted by molar-refractivity contribution is 4.85. The molecule has 1 heterocycles. The number of ether oxygens (including phenoxy) is 1. The number of hydrogen-bond donors (Lipinski definition) is 2. The molecule has 4 nitrogen and oxygen atoms in total. The molecule has 15 heavy (non-hydrogen) atoms. The van der Waals surface area contributed by atoms with Crippen molar-refractivity contribution in [1.82, 2.24) is 10.2 Å². The molecule has 0 spiro atoms. The summed E-state index contributed by atoms with van der Waals surface area (Å²) in [5.41, 5.74) is 0.422. The Morgan fingerprint density at radius 1 is 1.47 bits per heavy atom. The highest BCUT2D eigenvalue weighted by atomic mass is 16.5. The smallest absolute Gasteiger partial charge is 0.0698 e. The summed E-state index contributed by atoms with van der Waals surface area (Å²) in [5.74, 6) is 0. The first-order chi connectivity index (χ1) is 7.16. The van der Waals surface area contributed by atoms with Gasteiger partial charge in [-0.3, -0.25) is 0 Å². The Hall–Kier alpha value is -0.160. The Kier molecular flexibility index (Phi) is 5.53. The SMILES string of the molecule is CN(CCOCCO)CC1(C)CCNC1. The van der Waals surface area contributed by atoms with Gasteiger partial charge in [0.25, 0.3) is 0 Å². The highest BCUT2D eigenvalue weighted by Crippen LogP contribution is 2.24. The van der Waals surface area contributed by atoms with Gasteiger partial charge in [-0.05, 0) is 25.4 Å². The molecule has 0 aromatic heterocycles. The maximum absolute atomic E-state index is 8.56. The van der Waals surface area contributed by atoms with Gasteiger partial charge in [-0.1, -0.05) is 6.92 Å². The van der Waals surface area contributed by atoms with Crippen molar-refractivity contribution in [2.24, 2.45) is 5.41 Å². The van der Waals surface area contributed by atoms with Crippen molar-refractivity contribution in [1.29, 1.82) is 0 Å². The molecule has 0 bridgehead atoms. The molecule has 1 rings (SSSR count). The molecule has 0 aromatic rings. The van der Waals surface area contributed by atoms with E-state index < -0.39 is 0 Å². The summed E-state index contributed by atoms with van der Waals surface area (Å²) in [7, 11) is 2.13. The van der Waals surface area contributed by atoms with Crippen molar-refractivity contribution in [3.63, 3.8) is 0 Å². The molecule has 1 unspecified atom stereocenters. The van der Waals surface area contributed by atoms with Gasteiger partial charge in [0.05, 0.1) is 19.8 Å². The summed E-state index contributed by atoms with van der Waals surface area (Å²) in [6.45, 7) is 7.93. The molecule has 1 fully saturated rings. The Morgan fingerprint density at radius 3 is 2.87 bits per heavy atom. The van der Waals surface area contributed by atoms with Gasteiger partial charge in [-0.2, -0.15) is 0 Å². The number of aliphatic hydroxyl groups is 1. The molecule has 1 atom stereocenters. The molecule has 1 aliphatic heterocycles. The van der Waals surface area contributed by atoms with Gasteiger partial charge in [0.15, 0.2) is 0 Å². The lowest BCUT2D eigenvalue weighted by Gasteiger charge is -2.29. The van der Waals surface area contributed by atoms with E-state index in [0.29, 0.717) is 18.6 Å². The molecule has 2 N–H and O–H groups in total. The van der Waals surface area contributed by atoms with E-state index in [1.54, 1.807) is 0 Å². The first kappa shape index (κ1) is 12.9. The number of rotatable bonds is 7. The van der Waals surface area contributed by atoms with Gasteiger partial charge < -0.3 is 20.1 Å². The summed E-state index contributed by atoms with van der Waals surface area (Å²) in [4.78, 5) is 2.31.